The van der Waals surface area contributed by atoms with Crippen molar-refractivity contribution in [1.29, 1.82) is 0 Å². The van der Waals surface area contributed by atoms with Crippen LogP contribution in [0.3, 0.4) is 0 Å². The Labute approximate surface area is 201 Å². The summed E-state index contributed by atoms with van der Waals surface area (Å²) in [7, 11) is 0. The van der Waals surface area contributed by atoms with E-state index in [9.17, 15) is 9.59 Å². The van der Waals surface area contributed by atoms with Gasteiger partial charge < -0.3 is 14.8 Å². The van der Waals surface area contributed by atoms with Gasteiger partial charge in [0.15, 0.2) is 0 Å². The molecule has 0 aliphatic rings. The van der Waals surface area contributed by atoms with Crippen LogP contribution in [0.4, 0.5) is 5.69 Å². The third-order valence-electron chi connectivity index (χ3n) is 4.48. The first-order valence-corrected chi connectivity index (χ1v) is 10.9. The van der Waals surface area contributed by atoms with Gasteiger partial charge in [0.05, 0.1) is 28.1 Å². The summed E-state index contributed by atoms with van der Waals surface area (Å²) in [6, 6.07) is 15.1. The number of anilines is 1. The molecule has 5 nitrogen and oxygen atoms in total. The summed E-state index contributed by atoms with van der Waals surface area (Å²) in [4.78, 5) is 24.1. The number of nitrogens with one attached hydrogen (secondary N) is 1. The van der Waals surface area contributed by atoms with E-state index in [-0.39, 0.29) is 18.3 Å². The van der Waals surface area contributed by atoms with Crippen molar-refractivity contribution in [3.8, 4) is 11.5 Å². The van der Waals surface area contributed by atoms with Crippen molar-refractivity contribution < 1.29 is 19.1 Å². The van der Waals surface area contributed by atoms with Crippen LogP contribution in [0.15, 0.2) is 54.6 Å². The van der Waals surface area contributed by atoms with Crippen molar-refractivity contribution in [2.24, 2.45) is 0 Å². The molecule has 0 spiro atoms. The molecule has 0 saturated carbocycles. The largest absolute Gasteiger partial charge is 0.466 e. The Balaban J connectivity index is 1.69. The summed E-state index contributed by atoms with van der Waals surface area (Å²) in [5.41, 5.74) is 2.52. The van der Waals surface area contributed by atoms with Crippen LogP contribution < -0.4 is 10.1 Å². The second-order valence-corrected chi connectivity index (χ2v) is 8.13. The molecule has 3 rings (SSSR count). The first-order chi connectivity index (χ1) is 15.3. The van der Waals surface area contributed by atoms with Crippen LogP contribution in [0.5, 0.6) is 11.5 Å². The minimum Gasteiger partial charge on any atom is -0.466 e. The molecular formula is C24H20Cl3NO4. The second-order valence-electron chi connectivity index (χ2n) is 6.91. The van der Waals surface area contributed by atoms with Gasteiger partial charge in [-0.25, -0.2) is 0 Å². The Morgan fingerprint density at radius 1 is 0.875 bits per heavy atom. The van der Waals surface area contributed by atoms with Gasteiger partial charge in [0.2, 0.25) is 0 Å². The van der Waals surface area contributed by atoms with E-state index in [1.54, 1.807) is 55.5 Å². The van der Waals surface area contributed by atoms with Gasteiger partial charge >= 0.3 is 5.97 Å². The molecule has 0 bridgehead atoms. The van der Waals surface area contributed by atoms with Crippen LogP contribution in [-0.2, 0) is 16.0 Å². The Morgan fingerprint density at radius 2 is 1.62 bits per heavy atom. The molecular weight excluding hydrogens is 473 g/mol. The molecule has 0 unspecified atom stereocenters. The lowest BCUT2D eigenvalue weighted by Crippen LogP contribution is -2.12. The molecule has 32 heavy (non-hydrogen) atoms. The molecule has 166 valence electrons. The maximum atomic E-state index is 12.5. The summed E-state index contributed by atoms with van der Waals surface area (Å²) in [5.74, 6) is 0.413. The van der Waals surface area contributed by atoms with E-state index in [0.717, 1.165) is 11.1 Å². The maximum absolute atomic E-state index is 12.5. The Hall–Kier alpha value is -2.73. The van der Waals surface area contributed by atoms with Gasteiger partial charge in [-0.15, -0.1) is 0 Å². The third-order valence-corrected chi connectivity index (χ3v) is 5.52. The fraction of sp³-hybridized carbons (Fsp3) is 0.167. The molecule has 0 aliphatic heterocycles. The van der Waals surface area contributed by atoms with Crippen LogP contribution in [0, 0.1) is 6.92 Å². The SMILES string of the molecule is CCOC(=O)Cc1ccc(Oc2ccc(NC(=O)c3ccc(Cl)c(Cl)c3)cc2C)c(Cl)c1. The Kier molecular flexibility index (Phi) is 8.02. The van der Waals surface area contributed by atoms with Crippen LogP contribution in [-0.4, -0.2) is 18.5 Å². The average Bonchev–Trinajstić information content (AvgIpc) is 2.73. The number of aryl methyl sites for hydroxylation is 1. The zero-order valence-electron chi connectivity index (χ0n) is 17.4. The van der Waals surface area contributed by atoms with Crippen LogP contribution in [0.1, 0.15) is 28.4 Å². The molecule has 0 saturated heterocycles. The van der Waals surface area contributed by atoms with Crippen molar-refractivity contribution in [1.82, 2.24) is 0 Å². The summed E-state index contributed by atoms with van der Waals surface area (Å²) in [5, 5.41) is 3.89. The number of carbonyl (C=O) groups excluding carboxylic acids is 2. The number of hydrogen-bond donors (Lipinski definition) is 1. The number of amides is 1. The highest BCUT2D eigenvalue weighted by molar-refractivity contribution is 6.42. The molecule has 8 heteroatoms. The van der Waals surface area contributed by atoms with E-state index >= 15 is 0 Å². The average molecular weight is 493 g/mol. The molecule has 0 aliphatic carbocycles. The minimum absolute atomic E-state index is 0.139. The molecule has 3 aromatic rings. The van der Waals surface area contributed by atoms with E-state index in [2.05, 4.69) is 5.32 Å². The zero-order chi connectivity index (χ0) is 23.3. The molecule has 3 aromatic carbocycles. The molecule has 0 fully saturated rings. The molecule has 1 N–H and O–H groups in total. The van der Waals surface area contributed by atoms with Crippen LogP contribution in [0.2, 0.25) is 15.1 Å². The standard InChI is InChI=1S/C24H20Cl3NO4/c1-3-31-23(29)12-15-4-8-22(20(27)11-15)32-21-9-6-17(10-14(21)2)28-24(30)16-5-7-18(25)19(26)13-16/h4-11,13H,3,12H2,1-2H3,(H,28,30). The predicted molar refractivity (Wildman–Crippen MR) is 127 cm³/mol. The monoisotopic (exact) mass is 491 g/mol. The first-order valence-electron chi connectivity index (χ1n) is 9.75. The van der Waals surface area contributed by atoms with Crippen molar-refractivity contribution >= 4 is 52.4 Å². The lowest BCUT2D eigenvalue weighted by Gasteiger charge is -2.13. The number of carbonyl (C=O) groups is 2. The van der Waals surface area contributed by atoms with E-state index in [1.165, 1.54) is 6.07 Å². The fourth-order valence-corrected chi connectivity index (χ4v) is 3.46. The number of rotatable bonds is 7. The first kappa shape index (κ1) is 23.9. The number of hydrogen-bond acceptors (Lipinski definition) is 4. The fourth-order valence-electron chi connectivity index (χ4n) is 2.92. The zero-order valence-corrected chi connectivity index (χ0v) is 19.6. The Bertz CT molecular complexity index is 1160. The van der Waals surface area contributed by atoms with E-state index < -0.39 is 0 Å². The lowest BCUT2D eigenvalue weighted by atomic mass is 10.1. The van der Waals surface area contributed by atoms with Gasteiger partial charge in [0.25, 0.3) is 5.91 Å². The van der Waals surface area contributed by atoms with Gasteiger partial charge in [-0.05, 0) is 73.5 Å². The quantitative estimate of drug-likeness (QED) is 0.357. The van der Waals surface area contributed by atoms with Gasteiger partial charge in [0, 0.05) is 11.3 Å². The Morgan fingerprint density at radius 3 is 2.28 bits per heavy atom. The maximum Gasteiger partial charge on any atom is 0.310 e. The highest BCUT2D eigenvalue weighted by Gasteiger charge is 2.12. The molecule has 0 heterocycles. The van der Waals surface area contributed by atoms with Crippen LogP contribution >= 0.6 is 34.8 Å². The lowest BCUT2D eigenvalue weighted by molar-refractivity contribution is -0.142. The van der Waals surface area contributed by atoms with Gasteiger partial charge in [-0.1, -0.05) is 40.9 Å². The van der Waals surface area contributed by atoms with E-state index in [0.29, 0.717) is 44.4 Å². The summed E-state index contributed by atoms with van der Waals surface area (Å²) in [6.45, 7) is 3.94. The smallest absolute Gasteiger partial charge is 0.310 e. The highest BCUT2D eigenvalue weighted by Crippen LogP contribution is 2.33. The molecule has 0 radical (unpaired) electrons. The van der Waals surface area contributed by atoms with Crippen molar-refractivity contribution in [2.75, 3.05) is 11.9 Å². The van der Waals surface area contributed by atoms with Gasteiger partial charge in [-0.2, -0.15) is 0 Å². The second kappa shape index (κ2) is 10.7. The minimum atomic E-state index is -0.313. The molecule has 0 aromatic heterocycles. The number of esters is 1. The third kappa shape index (κ3) is 6.16. The normalized spacial score (nSPS) is 10.5. The van der Waals surface area contributed by atoms with E-state index in [1.807, 2.05) is 6.92 Å². The van der Waals surface area contributed by atoms with Gasteiger partial charge in [0.1, 0.15) is 11.5 Å². The van der Waals surface area contributed by atoms with E-state index in [4.69, 9.17) is 44.3 Å². The molecule has 1 amide bonds. The predicted octanol–water partition coefficient (Wildman–Crippen LogP) is 7.11. The van der Waals surface area contributed by atoms with Gasteiger partial charge in [-0.3, -0.25) is 9.59 Å². The number of benzene rings is 3. The van der Waals surface area contributed by atoms with Crippen molar-refractivity contribution in [3.63, 3.8) is 0 Å². The summed E-state index contributed by atoms with van der Waals surface area (Å²) >= 11 is 18.2. The number of ether oxygens (including phenoxy) is 2. The van der Waals surface area contributed by atoms with Crippen LogP contribution in [0.25, 0.3) is 0 Å². The number of halogens is 3. The van der Waals surface area contributed by atoms with Crippen molar-refractivity contribution in [3.05, 3.63) is 86.4 Å². The van der Waals surface area contributed by atoms with Crippen molar-refractivity contribution in [2.45, 2.75) is 20.3 Å². The summed E-state index contributed by atoms with van der Waals surface area (Å²) < 4.78 is 10.9. The molecule has 0 atom stereocenters. The topological polar surface area (TPSA) is 64.6 Å². The summed E-state index contributed by atoms with van der Waals surface area (Å²) in [6.07, 6.45) is 0.139. The highest BCUT2D eigenvalue weighted by atomic mass is 35.5.